The maximum Gasteiger partial charge on any atom is 0.252 e. The predicted octanol–water partition coefficient (Wildman–Crippen LogP) is 2.57. The quantitative estimate of drug-likeness (QED) is 0.916. The van der Waals surface area contributed by atoms with E-state index in [-0.39, 0.29) is 18.4 Å². The van der Waals surface area contributed by atoms with E-state index in [1.54, 1.807) is 16.4 Å². The van der Waals surface area contributed by atoms with Gasteiger partial charge in [0, 0.05) is 19.1 Å². The molecule has 4 nitrogen and oxygen atoms in total. The molecule has 8 heteroatoms. The van der Waals surface area contributed by atoms with E-state index in [1.807, 2.05) is 0 Å². The first-order valence-corrected chi connectivity index (χ1v) is 8.57. The second-order valence-electron chi connectivity index (χ2n) is 4.60. The third-order valence-corrected chi connectivity index (χ3v) is 7.04. The Morgan fingerprint density at radius 2 is 2.21 bits per heavy atom. The van der Waals surface area contributed by atoms with Crippen molar-refractivity contribution in [1.82, 2.24) is 4.31 Å². The highest BCUT2D eigenvalue weighted by molar-refractivity contribution is 7.91. The van der Waals surface area contributed by atoms with Gasteiger partial charge in [-0.05, 0) is 30.9 Å². The molecule has 19 heavy (non-hydrogen) atoms. The number of halogens is 2. The van der Waals surface area contributed by atoms with Crippen LogP contribution in [0.3, 0.4) is 0 Å². The molecular weight excluding hydrogens is 327 g/mol. The molecule has 1 aromatic rings. The summed E-state index contributed by atoms with van der Waals surface area (Å²) in [6, 6.07) is 3.07. The second-order valence-corrected chi connectivity index (χ2v) is 8.43. The van der Waals surface area contributed by atoms with Crippen LogP contribution in [0.25, 0.3) is 0 Å². The van der Waals surface area contributed by atoms with Crippen LogP contribution in [-0.4, -0.2) is 31.9 Å². The smallest absolute Gasteiger partial charge is 0.252 e. The maximum atomic E-state index is 12.5. The Bertz CT molecular complexity index is 519. The Morgan fingerprint density at radius 1 is 1.53 bits per heavy atom. The van der Waals surface area contributed by atoms with E-state index in [1.165, 1.54) is 0 Å². The van der Waals surface area contributed by atoms with Gasteiger partial charge in [0.15, 0.2) is 0 Å². The van der Waals surface area contributed by atoms with Crippen molar-refractivity contribution in [2.75, 3.05) is 13.1 Å². The Labute approximate surface area is 129 Å². The number of rotatable bonds is 3. The minimum absolute atomic E-state index is 0. The number of piperidine rings is 1. The summed E-state index contributed by atoms with van der Waals surface area (Å²) in [6.45, 7) is 2.96. The highest BCUT2D eigenvalue weighted by Crippen LogP contribution is 2.33. The first kappa shape index (κ1) is 17.2. The SMILES string of the molecule is CC1CCCN(S(=O)(=O)c2ccc(Cl)s2)C1CN.Cl. The zero-order valence-electron chi connectivity index (χ0n) is 10.6. The Balaban J connectivity index is 0.00000180. The fourth-order valence-electron chi connectivity index (χ4n) is 2.41. The summed E-state index contributed by atoms with van der Waals surface area (Å²) in [4.78, 5) is 0. The molecule has 2 heterocycles. The van der Waals surface area contributed by atoms with E-state index < -0.39 is 10.0 Å². The number of hydrogen-bond acceptors (Lipinski definition) is 4. The zero-order chi connectivity index (χ0) is 13.3. The first-order chi connectivity index (χ1) is 8.46. The third kappa shape index (κ3) is 3.43. The van der Waals surface area contributed by atoms with Crippen LogP contribution in [0.2, 0.25) is 4.34 Å². The summed E-state index contributed by atoms with van der Waals surface area (Å²) < 4.78 is 27.4. The second kappa shape index (κ2) is 6.74. The predicted molar refractivity (Wildman–Crippen MR) is 81.7 cm³/mol. The normalized spacial score (nSPS) is 25.0. The van der Waals surface area contributed by atoms with Crippen LogP contribution < -0.4 is 5.73 Å². The van der Waals surface area contributed by atoms with E-state index in [2.05, 4.69) is 6.92 Å². The molecule has 1 aromatic heterocycles. The van der Waals surface area contributed by atoms with Gasteiger partial charge in [-0.3, -0.25) is 0 Å². The topological polar surface area (TPSA) is 63.4 Å². The van der Waals surface area contributed by atoms with Crippen LogP contribution in [-0.2, 0) is 10.0 Å². The van der Waals surface area contributed by atoms with Gasteiger partial charge in [0.2, 0.25) is 0 Å². The maximum absolute atomic E-state index is 12.5. The van der Waals surface area contributed by atoms with Crippen LogP contribution >= 0.6 is 35.3 Å². The standard InChI is InChI=1S/C11H17ClN2O2S2.ClH/c1-8-3-2-6-14(9(8)7-13)18(15,16)11-5-4-10(12)17-11;/h4-5,8-9H,2-3,6-7,13H2,1H3;1H. The largest absolute Gasteiger partial charge is 0.329 e. The van der Waals surface area contributed by atoms with Crippen LogP contribution in [0.1, 0.15) is 19.8 Å². The summed E-state index contributed by atoms with van der Waals surface area (Å²) in [7, 11) is -3.45. The van der Waals surface area contributed by atoms with E-state index in [0.29, 0.717) is 27.6 Å². The highest BCUT2D eigenvalue weighted by Gasteiger charge is 2.37. The summed E-state index contributed by atoms with van der Waals surface area (Å²) in [5.41, 5.74) is 5.74. The van der Waals surface area contributed by atoms with Crippen molar-refractivity contribution in [3.05, 3.63) is 16.5 Å². The highest BCUT2D eigenvalue weighted by atomic mass is 35.5. The summed E-state index contributed by atoms with van der Waals surface area (Å²) >= 11 is 6.91. The van der Waals surface area contributed by atoms with E-state index in [4.69, 9.17) is 17.3 Å². The lowest BCUT2D eigenvalue weighted by Crippen LogP contribution is -2.51. The van der Waals surface area contributed by atoms with Crippen molar-refractivity contribution in [2.24, 2.45) is 11.7 Å². The average Bonchev–Trinajstić information content (AvgIpc) is 2.76. The van der Waals surface area contributed by atoms with Gasteiger partial charge < -0.3 is 5.73 Å². The lowest BCUT2D eigenvalue weighted by molar-refractivity contribution is 0.193. The molecule has 2 unspecified atom stereocenters. The van der Waals surface area contributed by atoms with Crippen LogP contribution in [0.5, 0.6) is 0 Å². The zero-order valence-corrected chi connectivity index (χ0v) is 13.8. The van der Waals surface area contributed by atoms with Crippen molar-refractivity contribution in [2.45, 2.75) is 30.0 Å². The summed E-state index contributed by atoms with van der Waals surface area (Å²) in [6.07, 6.45) is 1.91. The molecule has 1 aliphatic rings. The molecule has 0 bridgehead atoms. The molecule has 0 aromatic carbocycles. The van der Waals surface area contributed by atoms with Crippen molar-refractivity contribution >= 4 is 45.4 Å². The van der Waals surface area contributed by atoms with Gasteiger partial charge in [0.1, 0.15) is 4.21 Å². The van der Waals surface area contributed by atoms with Crippen molar-refractivity contribution in [1.29, 1.82) is 0 Å². The monoisotopic (exact) mass is 344 g/mol. The minimum Gasteiger partial charge on any atom is -0.329 e. The first-order valence-electron chi connectivity index (χ1n) is 5.94. The molecule has 2 N–H and O–H groups in total. The molecular formula is C11H18Cl2N2O2S2. The van der Waals surface area contributed by atoms with Crippen LogP contribution in [0.15, 0.2) is 16.3 Å². The van der Waals surface area contributed by atoms with Gasteiger partial charge in [-0.25, -0.2) is 8.42 Å². The van der Waals surface area contributed by atoms with Crippen molar-refractivity contribution < 1.29 is 8.42 Å². The van der Waals surface area contributed by atoms with Gasteiger partial charge in [0.05, 0.1) is 4.34 Å². The van der Waals surface area contributed by atoms with Gasteiger partial charge in [0.25, 0.3) is 10.0 Å². The van der Waals surface area contributed by atoms with Gasteiger partial charge in [-0.1, -0.05) is 18.5 Å². The van der Waals surface area contributed by atoms with E-state index in [0.717, 1.165) is 24.2 Å². The van der Waals surface area contributed by atoms with Crippen LogP contribution in [0.4, 0.5) is 0 Å². The van der Waals surface area contributed by atoms with Gasteiger partial charge in [-0.2, -0.15) is 4.31 Å². The third-order valence-electron chi connectivity index (χ3n) is 3.42. The molecule has 0 saturated carbocycles. The molecule has 0 amide bonds. The molecule has 0 aliphatic carbocycles. The van der Waals surface area contributed by atoms with Gasteiger partial charge >= 0.3 is 0 Å². The molecule has 2 rings (SSSR count). The van der Waals surface area contributed by atoms with Crippen molar-refractivity contribution in [3.63, 3.8) is 0 Å². The fraction of sp³-hybridized carbons (Fsp3) is 0.636. The summed E-state index contributed by atoms with van der Waals surface area (Å²) in [5, 5.41) is 0. The Kier molecular flexibility index (Phi) is 6.10. The lowest BCUT2D eigenvalue weighted by atomic mass is 9.93. The summed E-state index contributed by atoms with van der Waals surface area (Å²) in [5.74, 6) is 0.300. The molecule has 0 spiro atoms. The molecule has 1 fully saturated rings. The van der Waals surface area contributed by atoms with Crippen LogP contribution in [0, 0.1) is 5.92 Å². The number of thiophene rings is 1. The number of nitrogens with zero attached hydrogens (tertiary/aromatic N) is 1. The number of sulfonamides is 1. The van der Waals surface area contributed by atoms with Gasteiger partial charge in [-0.15, -0.1) is 23.7 Å². The Hall–Kier alpha value is 0.150. The average molecular weight is 345 g/mol. The molecule has 0 radical (unpaired) electrons. The minimum atomic E-state index is -3.45. The fourth-order valence-corrected chi connectivity index (χ4v) is 5.79. The van der Waals surface area contributed by atoms with E-state index in [9.17, 15) is 8.42 Å². The Morgan fingerprint density at radius 3 is 2.74 bits per heavy atom. The molecule has 1 saturated heterocycles. The molecule has 2 atom stereocenters. The lowest BCUT2D eigenvalue weighted by Gasteiger charge is -2.37. The number of nitrogens with two attached hydrogens (primary N) is 1. The molecule has 1 aliphatic heterocycles. The molecule has 110 valence electrons. The number of hydrogen-bond donors (Lipinski definition) is 1. The van der Waals surface area contributed by atoms with E-state index >= 15 is 0 Å². The van der Waals surface area contributed by atoms with Crippen molar-refractivity contribution in [3.8, 4) is 0 Å².